The molecule has 20 heavy (non-hydrogen) atoms. The molecule has 108 valence electrons. The third kappa shape index (κ3) is 4.85. The van der Waals surface area contributed by atoms with Crippen LogP contribution in [0.2, 0.25) is 5.02 Å². The summed E-state index contributed by atoms with van der Waals surface area (Å²) >= 11 is 5.83. The van der Waals surface area contributed by atoms with E-state index in [1.54, 1.807) is 17.0 Å². The minimum atomic E-state index is -0.0285. The molecule has 1 aromatic carbocycles. The van der Waals surface area contributed by atoms with Crippen molar-refractivity contribution in [3.05, 3.63) is 34.9 Å². The number of hydrogen-bond acceptors (Lipinski definition) is 2. The first-order chi connectivity index (χ1) is 9.54. The number of nitrogens with one attached hydrogen (secondary N) is 1. The van der Waals surface area contributed by atoms with Crippen LogP contribution in [0, 0.1) is 0 Å². The van der Waals surface area contributed by atoms with E-state index in [9.17, 15) is 9.59 Å². The van der Waals surface area contributed by atoms with E-state index >= 15 is 0 Å². The average molecular weight is 295 g/mol. The van der Waals surface area contributed by atoms with Crippen LogP contribution in [-0.2, 0) is 16.1 Å². The van der Waals surface area contributed by atoms with E-state index in [0.717, 1.165) is 18.4 Å². The highest BCUT2D eigenvalue weighted by Crippen LogP contribution is 2.18. The number of benzene rings is 1. The Bertz CT molecular complexity index is 483. The van der Waals surface area contributed by atoms with Crippen LogP contribution in [-0.4, -0.2) is 29.3 Å². The smallest absolute Gasteiger partial charge is 0.221 e. The first-order valence-electron chi connectivity index (χ1n) is 6.84. The highest BCUT2D eigenvalue weighted by molar-refractivity contribution is 6.30. The number of halogens is 1. The Labute approximate surface area is 124 Å². The summed E-state index contributed by atoms with van der Waals surface area (Å²) in [6.45, 7) is 2.47. The van der Waals surface area contributed by atoms with Crippen molar-refractivity contribution in [1.29, 1.82) is 0 Å². The second kappa shape index (κ2) is 6.75. The molecule has 0 radical (unpaired) electrons. The van der Waals surface area contributed by atoms with Gasteiger partial charge >= 0.3 is 0 Å². The Hall–Kier alpha value is -1.55. The van der Waals surface area contributed by atoms with Crippen LogP contribution in [0.4, 0.5) is 0 Å². The van der Waals surface area contributed by atoms with Crippen molar-refractivity contribution in [3.8, 4) is 0 Å². The molecule has 1 aliphatic rings. The monoisotopic (exact) mass is 294 g/mol. The lowest BCUT2D eigenvalue weighted by Gasteiger charge is -2.21. The number of amides is 2. The summed E-state index contributed by atoms with van der Waals surface area (Å²) in [5.74, 6) is -0.00553. The maximum Gasteiger partial charge on any atom is 0.221 e. The van der Waals surface area contributed by atoms with Crippen LogP contribution in [0.5, 0.6) is 0 Å². The zero-order chi connectivity index (χ0) is 14.5. The molecule has 0 aliphatic heterocycles. The maximum absolute atomic E-state index is 11.7. The molecule has 1 aliphatic carbocycles. The average Bonchev–Trinajstić information content (AvgIpc) is 3.20. The molecular formula is C15H19ClN2O2. The molecule has 0 spiro atoms. The van der Waals surface area contributed by atoms with E-state index < -0.39 is 0 Å². The lowest BCUT2D eigenvalue weighted by atomic mass is 10.2. The van der Waals surface area contributed by atoms with Crippen molar-refractivity contribution in [2.75, 3.05) is 6.54 Å². The van der Waals surface area contributed by atoms with Crippen molar-refractivity contribution in [1.82, 2.24) is 10.2 Å². The molecule has 1 N–H and O–H groups in total. The van der Waals surface area contributed by atoms with Gasteiger partial charge in [-0.15, -0.1) is 0 Å². The predicted molar refractivity (Wildman–Crippen MR) is 78.3 cm³/mol. The van der Waals surface area contributed by atoms with Gasteiger partial charge < -0.3 is 10.2 Å². The number of rotatable bonds is 6. The summed E-state index contributed by atoms with van der Waals surface area (Å²) in [4.78, 5) is 25.0. The molecule has 0 bridgehead atoms. The van der Waals surface area contributed by atoms with Crippen LogP contribution >= 0.6 is 11.6 Å². The Morgan fingerprint density at radius 1 is 1.30 bits per heavy atom. The van der Waals surface area contributed by atoms with Gasteiger partial charge in [0.1, 0.15) is 0 Å². The zero-order valence-corrected chi connectivity index (χ0v) is 12.3. The largest absolute Gasteiger partial charge is 0.353 e. The van der Waals surface area contributed by atoms with E-state index in [4.69, 9.17) is 11.6 Å². The summed E-state index contributed by atoms with van der Waals surface area (Å²) < 4.78 is 0. The van der Waals surface area contributed by atoms with Gasteiger partial charge in [-0.2, -0.15) is 0 Å². The lowest BCUT2D eigenvalue weighted by molar-refractivity contribution is -0.130. The Morgan fingerprint density at radius 3 is 2.50 bits per heavy atom. The molecule has 2 amide bonds. The summed E-state index contributed by atoms with van der Waals surface area (Å²) in [5.41, 5.74) is 1.01. The van der Waals surface area contributed by atoms with Gasteiger partial charge in [0.2, 0.25) is 11.8 Å². The Balaban J connectivity index is 1.84. The highest BCUT2D eigenvalue weighted by Gasteiger charge is 2.23. The molecule has 0 atom stereocenters. The molecular weight excluding hydrogens is 276 g/mol. The molecule has 2 rings (SSSR count). The second-order valence-electron chi connectivity index (χ2n) is 5.16. The van der Waals surface area contributed by atoms with Crippen molar-refractivity contribution in [2.24, 2.45) is 0 Å². The molecule has 0 unspecified atom stereocenters. The van der Waals surface area contributed by atoms with Crippen LogP contribution in [0.1, 0.15) is 31.7 Å². The lowest BCUT2D eigenvalue weighted by Crippen LogP contribution is -2.34. The summed E-state index contributed by atoms with van der Waals surface area (Å²) in [6.07, 6.45) is 2.50. The number of carbonyl (C=O) groups is 2. The third-order valence-electron chi connectivity index (χ3n) is 3.28. The molecule has 0 aromatic heterocycles. The SMILES string of the molecule is CC(=O)N(CCC(=O)NC1CC1)Cc1ccc(Cl)cc1. The highest BCUT2D eigenvalue weighted by atomic mass is 35.5. The van der Waals surface area contributed by atoms with Gasteiger partial charge in [0.25, 0.3) is 0 Å². The van der Waals surface area contributed by atoms with Gasteiger partial charge in [-0.25, -0.2) is 0 Å². The molecule has 0 heterocycles. The molecule has 1 fully saturated rings. The van der Waals surface area contributed by atoms with Gasteiger partial charge in [0.15, 0.2) is 0 Å². The van der Waals surface area contributed by atoms with Crippen LogP contribution in [0.3, 0.4) is 0 Å². The van der Waals surface area contributed by atoms with Crippen molar-refractivity contribution >= 4 is 23.4 Å². The predicted octanol–water partition coefficient (Wildman–Crippen LogP) is 2.36. The molecule has 0 saturated heterocycles. The minimum absolute atomic E-state index is 0.0230. The van der Waals surface area contributed by atoms with Gasteiger partial charge in [-0.1, -0.05) is 23.7 Å². The van der Waals surface area contributed by atoms with E-state index in [-0.39, 0.29) is 11.8 Å². The number of hydrogen-bond donors (Lipinski definition) is 1. The topological polar surface area (TPSA) is 49.4 Å². The van der Waals surface area contributed by atoms with Gasteiger partial charge in [-0.05, 0) is 30.5 Å². The number of nitrogens with zero attached hydrogens (tertiary/aromatic N) is 1. The van der Waals surface area contributed by atoms with Crippen molar-refractivity contribution < 1.29 is 9.59 Å². The van der Waals surface area contributed by atoms with Crippen LogP contribution in [0.25, 0.3) is 0 Å². The quantitative estimate of drug-likeness (QED) is 0.875. The summed E-state index contributed by atoms with van der Waals surface area (Å²) in [5, 5.41) is 3.60. The van der Waals surface area contributed by atoms with Crippen molar-refractivity contribution in [3.63, 3.8) is 0 Å². The fourth-order valence-corrected chi connectivity index (χ4v) is 2.05. The van der Waals surface area contributed by atoms with Gasteiger partial charge in [0.05, 0.1) is 0 Å². The van der Waals surface area contributed by atoms with E-state index in [0.29, 0.717) is 30.6 Å². The fourth-order valence-electron chi connectivity index (χ4n) is 1.92. The Kier molecular flexibility index (Phi) is 5.01. The molecule has 4 nitrogen and oxygen atoms in total. The van der Waals surface area contributed by atoms with Crippen LogP contribution < -0.4 is 5.32 Å². The van der Waals surface area contributed by atoms with E-state index in [1.165, 1.54) is 6.92 Å². The Morgan fingerprint density at radius 2 is 1.95 bits per heavy atom. The standard InChI is InChI=1S/C15H19ClN2O2/c1-11(19)18(9-8-15(20)17-14-6-7-14)10-12-2-4-13(16)5-3-12/h2-5,14H,6-10H2,1H3,(H,17,20). The number of carbonyl (C=O) groups excluding carboxylic acids is 2. The fraction of sp³-hybridized carbons (Fsp3) is 0.467. The maximum atomic E-state index is 11.7. The molecule has 1 aromatic rings. The molecule has 5 heteroatoms. The molecule has 1 saturated carbocycles. The summed E-state index contributed by atoms with van der Waals surface area (Å²) in [6, 6.07) is 7.75. The minimum Gasteiger partial charge on any atom is -0.353 e. The van der Waals surface area contributed by atoms with Crippen molar-refractivity contribution in [2.45, 2.75) is 38.8 Å². The third-order valence-corrected chi connectivity index (χ3v) is 3.54. The van der Waals surface area contributed by atoms with Gasteiger partial charge in [-0.3, -0.25) is 9.59 Å². The zero-order valence-electron chi connectivity index (χ0n) is 11.6. The van der Waals surface area contributed by atoms with E-state index in [2.05, 4.69) is 5.32 Å². The van der Waals surface area contributed by atoms with Gasteiger partial charge in [0, 0.05) is 37.5 Å². The second-order valence-corrected chi connectivity index (χ2v) is 5.60. The van der Waals surface area contributed by atoms with E-state index in [1.807, 2.05) is 12.1 Å². The first kappa shape index (κ1) is 14.9. The normalized spacial score (nSPS) is 13.9. The first-order valence-corrected chi connectivity index (χ1v) is 7.21. The summed E-state index contributed by atoms with van der Waals surface area (Å²) in [7, 11) is 0. The van der Waals surface area contributed by atoms with Crippen LogP contribution in [0.15, 0.2) is 24.3 Å².